The quantitative estimate of drug-likeness (QED) is 0.663. The van der Waals surface area contributed by atoms with Gasteiger partial charge in [0.2, 0.25) is 0 Å². The highest BCUT2D eigenvalue weighted by Gasteiger charge is 2.24. The molecule has 0 aliphatic carbocycles. The van der Waals surface area contributed by atoms with Crippen molar-refractivity contribution in [3.63, 3.8) is 0 Å². The number of benzene rings is 1. The van der Waals surface area contributed by atoms with Gasteiger partial charge in [0, 0.05) is 19.0 Å². The van der Waals surface area contributed by atoms with E-state index in [0.29, 0.717) is 5.92 Å². The molecule has 3 heterocycles. The Kier molecular flexibility index (Phi) is 4.47. The van der Waals surface area contributed by atoms with E-state index in [2.05, 4.69) is 41.2 Å². The highest BCUT2D eigenvalue weighted by molar-refractivity contribution is 7.71. The summed E-state index contributed by atoms with van der Waals surface area (Å²) >= 11 is 7.32. The van der Waals surface area contributed by atoms with Crippen LogP contribution in [0.3, 0.4) is 0 Å². The van der Waals surface area contributed by atoms with Crippen LogP contribution < -0.4 is 0 Å². The van der Waals surface area contributed by atoms with Crippen LogP contribution in [0.15, 0.2) is 30.6 Å². The molecule has 0 N–H and O–H groups in total. The summed E-state index contributed by atoms with van der Waals surface area (Å²) < 4.78 is 6.03. The number of hydrogen-bond donors (Lipinski definition) is 0. The summed E-state index contributed by atoms with van der Waals surface area (Å²) in [5, 5.41) is 5.70. The molecule has 0 unspecified atom stereocenters. The third-order valence-electron chi connectivity index (χ3n) is 4.64. The molecule has 0 spiro atoms. The van der Waals surface area contributed by atoms with Crippen molar-refractivity contribution in [2.24, 2.45) is 0 Å². The topological polar surface area (TPSA) is 38.9 Å². The first-order valence-electron chi connectivity index (χ1n) is 8.44. The molecule has 2 aromatic heterocycles. The Morgan fingerprint density at radius 1 is 1.33 bits per heavy atom. The first-order valence-corrected chi connectivity index (χ1v) is 9.67. The number of aryl methyl sites for hydroxylation is 1. The summed E-state index contributed by atoms with van der Waals surface area (Å²) in [6.07, 6.45) is 4.24. The second-order valence-corrected chi connectivity index (χ2v) is 7.70. The van der Waals surface area contributed by atoms with E-state index >= 15 is 0 Å². The summed E-state index contributed by atoms with van der Waals surface area (Å²) in [4.78, 5) is 7.30. The van der Waals surface area contributed by atoms with Gasteiger partial charge in [0.1, 0.15) is 6.33 Å². The van der Waals surface area contributed by atoms with Gasteiger partial charge in [0.15, 0.2) is 4.77 Å². The van der Waals surface area contributed by atoms with Crippen LogP contribution in [0.1, 0.15) is 30.7 Å². The van der Waals surface area contributed by atoms with E-state index in [9.17, 15) is 0 Å². The molecule has 1 saturated heterocycles. The van der Waals surface area contributed by atoms with E-state index in [0.717, 1.165) is 36.6 Å². The highest BCUT2D eigenvalue weighted by Crippen LogP contribution is 2.33. The Morgan fingerprint density at radius 3 is 3.00 bits per heavy atom. The van der Waals surface area contributed by atoms with E-state index in [-0.39, 0.29) is 0 Å². The van der Waals surface area contributed by atoms with E-state index in [1.54, 1.807) is 0 Å². The normalized spacial score (nSPS) is 19.1. The molecule has 1 aliphatic heterocycles. The molecule has 1 aromatic carbocycles. The van der Waals surface area contributed by atoms with Crippen molar-refractivity contribution in [1.29, 1.82) is 0 Å². The first-order chi connectivity index (χ1) is 11.7. The Morgan fingerprint density at radius 2 is 2.21 bits per heavy atom. The Hall–Kier alpha value is -1.57. The summed E-state index contributed by atoms with van der Waals surface area (Å²) in [5.74, 6) is 0.513. The van der Waals surface area contributed by atoms with E-state index in [1.807, 2.05) is 26.9 Å². The van der Waals surface area contributed by atoms with Crippen molar-refractivity contribution in [2.75, 3.05) is 13.1 Å². The van der Waals surface area contributed by atoms with Crippen LogP contribution in [-0.4, -0.2) is 37.3 Å². The lowest BCUT2D eigenvalue weighted by atomic mass is 9.99. The predicted molar refractivity (Wildman–Crippen MR) is 99.9 cm³/mol. The molecule has 24 heavy (non-hydrogen) atoms. The molecular formula is C17H21N5S2. The lowest BCUT2D eigenvalue weighted by molar-refractivity contribution is 0.156. The van der Waals surface area contributed by atoms with Crippen LogP contribution in [0.5, 0.6) is 0 Å². The molecule has 1 fully saturated rings. The number of piperidine rings is 1. The van der Waals surface area contributed by atoms with Crippen LogP contribution >= 0.6 is 23.6 Å². The highest BCUT2D eigenvalue weighted by atomic mass is 32.1. The smallest absolute Gasteiger partial charge is 0.198 e. The Bertz CT molecular complexity index is 861. The van der Waals surface area contributed by atoms with Crippen LogP contribution in [0.2, 0.25) is 0 Å². The zero-order valence-corrected chi connectivity index (χ0v) is 15.4. The van der Waals surface area contributed by atoms with Gasteiger partial charge in [0.25, 0.3) is 0 Å². The molecule has 126 valence electrons. The fourth-order valence-corrected chi connectivity index (χ4v) is 4.70. The molecule has 1 aliphatic rings. The maximum absolute atomic E-state index is 5.49. The van der Waals surface area contributed by atoms with Crippen molar-refractivity contribution in [1.82, 2.24) is 24.2 Å². The molecule has 0 radical (unpaired) electrons. The van der Waals surface area contributed by atoms with Gasteiger partial charge in [-0.3, -0.25) is 4.90 Å². The monoisotopic (exact) mass is 359 g/mol. The average Bonchev–Trinajstić information content (AvgIpc) is 3.19. The zero-order chi connectivity index (χ0) is 16.5. The number of nitrogens with zero attached hydrogens (tertiary/aromatic N) is 5. The minimum Gasteiger partial charge on any atom is -0.307 e. The molecule has 0 saturated carbocycles. The Balaban J connectivity index is 1.50. The summed E-state index contributed by atoms with van der Waals surface area (Å²) in [6.45, 7) is 5.86. The van der Waals surface area contributed by atoms with Crippen LogP contribution in [-0.2, 0) is 13.2 Å². The second kappa shape index (κ2) is 6.74. The van der Waals surface area contributed by atoms with Crippen LogP contribution in [0.25, 0.3) is 10.2 Å². The van der Waals surface area contributed by atoms with Crippen molar-refractivity contribution in [3.8, 4) is 0 Å². The average molecular weight is 360 g/mol. The van der Waals surface area contributed by atoms with Gasteiger partial charge in [-0.2, -0.15) is 5.10 Å². The third-order valence-corrected chi connectivity index (χ3v) is 6.28. The van der Waals surface area contributed by atoms with Gasteiger partial charge in [-0.1, -0.05) is 12.1 Å². The number of rotatable bonds is 4. The molecule has 0 bridgehead atoms. The minimum absolute atomic E-state index is 0.513. The standard InChI is InChI=1S/C17H21N5S2/c1-2-21-11-18-22(17(21)23)12-20-9-5-6-13(10-20)16-19-14-7-3-4-8-15(14)24-16/h3-4,7-8,11,13H,2,5-6,9-10,12H2,1H3/t13-/m1/s1. The van der Waals surface area contributed by atoms with Gasteiger partial charge in [-0.15, -0.1) is 11.3 Å². The minimum atomic E-state index is 0.513. The number of fused-ring (bicyclic) bond motifs is 1. The fraction of sp³-hybridized carbons (Fsp3) is 0.471. The van der Waals surface area contributed by atoms with Gasteiger partial charge >= 0.3 is 0 Å². The zero-order valence-electron chi connectivity index (χ0n) is 13.8. The molecule has 0 amide bonds. The number of likely N-dealkylation sites (tertiary alicyclic amines) is 1. The number of hydrogen-bond acceptors (Lipinski definition) is 5. The van der Waals surface area contributed by atoms with Crippen molar-refractivity contribution >= 4 is 33.8 Å². The molecule has 3 aromatic rings. The van der Waals surface area contributed by atoms with Crippen LogP contribution in [0.4, 0.5) is 0 Å². The molecule has 1 atom stereocenters. The lowest BCUT2D eigenvalue weighted by Gasteiger charge is -2.31. The maximum atomic E-state index is 5.49. The van der Waals surface area contributed by atoms with Gasteiger partial charge < -0.3 is 4.57 Å². The van der Waals surface area contributed by atoms with E-state index in [1.165, 1.54) is 22.5 Å². The maximum Gasteiger partial charge on any atom is 0.198 e. The van der Waals surface area contributed by atoms with Crippen molar-refractivity contribution in [2.45, 2.75) is 38.9 Å². The first kappa shape index (κ1) is 15.9. The fourth-order valence-electron chi connectivity index (χ4n) is 3.33. The number of thiazole rings is 1. The van der Waals surface area contributed by atoms with E-state index in [4.69, 9.17) is 17.2 Å². The lowest BCUT2D eigenvalue weighted by Crippen LogP contribution is -2.36. The van der Waals surface area contributed by atoms with Gasteiger partial charge in [-0.25, -0.2) is 9.67 Å². The van der Waals surface area contributed by atoms with Gasteiger partial charge in [0.05, 0.1) is 21.9 Å². The van der Waals surface area contributed by atoms with Crippen molar-refractivity contribution in [3.05, 3.63) is 40.4 Å². The largest absolute Gasteiger partial charge is 0.307 e. The number of para-hydroxylation sites is 1. The van der Waals surface area contributed by atoms with Crippen LogP contribution in [0, 0.1) is 4.77 Å². The SMILES string of the molecule is CCn1cnn(CN2CCC[C@@H](c3nc4ccccc4s3)C2)c1=S. The summed E-state index contributed by atoms with van der Waals surface area (Å²) in [7, 11) is 0. The third kappa shape index (κ3) is 3.03. The Labute approximate surface area is 150 Å². The number of aromatic nitrogens is 4. The summed E-state index contributed by atoms with van der Waals surface area (Å²) in [6, 6.07) is 8.41. The second-order valence-electron chi connectivity index (χ2n) is 6.28. The summed E-state index contributed by atoms with van der Waals surface area (Å²) in [5.41, 5.74) is 1.12. The molecule has 5 nitrogen and oxygen atoms in total. The molecular weight excluding hydrogens is 338 g/mol. The molecule has 4 rings (SSSR count). The molecule has 7 heteroatoms. The van der Waals surface area contributed by atoms with Gasteiger partial charge in [-0.05, 0) is 50.7 Å². The predicted octanol–water partition coefficient (Wildman–Crippen LogP) is 3.88. The van der Waals surface area contributed by atoms with Crippen molar-refractivity contribution < 1.29 is 0 Å². The van der Waals surface area contributed by atoms with E-state index < -0.39 is 0 Å².